The van der Waals surface area contributed by atoms with Crippen LogP contribution in [0.25, 0.3) is 0 Å². The molecule has 2 aromatic rings. The second-order valence-corrected chi connectivity index (χ2v) is 9.59. The molecule has 5 heteroatoms. The quantitative estimate of drug-likeness (QED) is 0.229. The predicted molar refractivity (Wildman–Crippen MR) is 132 cm³/mol. The molecule has 2 N–H and O–H groups in total. The summed E-state index contributed by atoms with van der Waals surface area (Å²) < 4.78 is 5.40. The molecule has 0 saturated carbocycles. The minimum atomic E-state index is -1.01. The van der Waals surface area contributed by atoms with Crippen molar-refractivity contribution in [1.82, 2.24) is 0 Å². The van der Waals surface area contributed by atoms with E-state index in [1.165, 1.54) is 0 Å². The van der Waals surface area contributed by atoms with Gasteiger partial charge in [0.15, 0.2) is 0 Å². The molecule has 2 rings (SSSR count). The van der Waals surface area contributed by atoms with Crippen LogP contribution in [0.1, 0.15) is 71.4 Å². The second kappa shape index (κ2) is 10.8. The third kappa shape index (κ3) is 9.21. The molecule has 0 atom stereocenters. The lowest BCUT2D eigenvalue weighted by molar-refractivity contribution is -0.129. The van der Waals surface area contributed by atoms with Crippen LogP contribution in [0.3, 0.4) is 0 Å². The molecule has 0 aromatic heterocycles. The number of aliphatic hydroxyl groups is 2. The number of benzene rings is 2. The highest BCUT2D eigenvalue weighted by Crippen LogP contribution is 2.25. The number of esters is 1. The molecule has 0 spiro atoms. The maximum atomic E-state index is 12.5. The Kier molecular flexibility index (Phi) is 9.18. The molecule has 2 aromatic carbocycles. The third-order valence-electron chi connectivity index (χ3n) is 4.56. The molecule has 178 valence electrons. The first-order chi connectivity index (χ1) is 14.9. The van der Waals surface area contributed by atoms with E-state index in [4.69, 9.17) is 14.9 Å². The zero-order valence-electron chi connectivity index (χ0n) is 21.4. The van der Waals surface area contributed by atoms with Crippen LogP contribution < -0.4 is 4.74 Å². The van der Waals surface area contributed by atoms with Crippen LogP contribution >= 0.6 is 0 Å². The van der Waals surface area contributed by atoms with Gasteiger partial charge in [-0.1, -0.05) is 47.2 Å². The molecule has 0 amide bonds. The molecule has 0 heterocycles. The summed E-state index contributed by atoms with van der Waals surface area (Å²) in [5, 5.41) is 18.2. The van der Waals surface area contributed by atoms with Crippen LogP contribution in [-0.4, -0.2) is 33.2 Å². The van der Waals surface area contributed by atoms with Crippen molar-refractivity contribution in [3.05, 3.63) is 63.2 Å². The van der Waals surface area contributed by atoms with Crippen molar-refractivity contribution in [2.45, 2.75) is 80.4 Å². The van der Waals surface area contributed by atoms with E-state index < -0.39 is 23.0 Å². The van der Waals surface area contributed by atoms with Gasteiger partial charge < -0.3 is 14.9 Å². The fraction of sp³-hybridized carbons (Fsp3) is 0.429. The summed E-state index contributed by atoms with van der Waals surface area (Å²) in [6.07, 6.45) is 0. The van der Waals surface area contributed by atoms with Crippen LogP contribution in [0, 0.1) is 53.4 Å². The molecule has 0 unspecified atom stereocenters. The number of hydrogen-bond acceptors (Lipinski definition) is 5. The lowest BCUT2D eigenvalue weighted by Gasteiger charge is -2.13. The lowest BCUT2D eigenvalue weighted by Crippen LogP contribution is -2.23. The number of carbonyl (C=O) groups excluding carboxylic acids is 2. The summed E-state index contributed by atoms with van der Waals surface area (Å²) in [6, 6.07) is 7.66. The van der Waals surface area contributed by atoms with Gasteiger partial charge in [-0.05, 0) is 91.5 Å². The summed E-state index contributed by atoms with van der Waals surface area (Å²) >= 11 is 0. The van der Waals surface area contributed by atoms with Gasteiger partial charge in [0.1, 0.15) is 17.0 Å². The Morgan fingerprint density at radius 3 is 1.36 bits per heavy atom. The van der Waals surface area contributed by atoms with Crippen molar-refractivity contribution in [3.8, 4) is 17.6 Å². The highest BCUT2D eigenvalue weighted by Gasteiger charge is 2.24. The second-order valence-electron chi connectivity index (χ2n) is 9.59. The SMILES string of the molecule is CC(C)(O)C#CC(C)(C)O.Cc1cc(C)c(OC(=O)C(=O)c2c(C)cc(C)cc2C)c(C)c1. The molecule has 0 bridgehead atoms. The Balaban J connectivity index is 0.000000461. The first-order valence-electron chi connectivity index (χ1n) is 10.8. The van der Waals surface area contributed by atoms with E-state index in [1.54, 1.807) is 27.7 Å². The summed E-state index contributed by atoms with van der Waals surface area (Å²) in [5.41, 5.74) is 3.85. The summed E-state index contributed by atoms with van der Waals surface area (Å²) in [6.45, 7) is 17.7. The van der Waals surface area contributed by atoms with Gasteiger partial charge in [-0.2, -0.15) is 0 Å². The Morgan fingerprint density at radius 1 is 0.697 bits per heavy atom. The standard InChI is InChI=1S/C20H22O3.C8H14O2/c1-11-7-13(3)17(14(4)8-11)18(21)20(22)23-19-15(5)9-12(2)10-16(19)6;1-7(2,9)5-6-8(3,4)10/h7-10H,1-6H3;9-10H,1-4H3. The molecule has 0 fully saturated rings. The van der Waals surface area contributed by atoms with Gasteiger partial charge in [-0.15, -0.1) is 0 Å². The Bertz CT molecular complexity index is 1040. The van der Waals surface area contributed by atoms with E-state index in [1.807, 2.05) is 65.8 Å². The largest absolute Gasteiger partial charge is 0.420 e. The van der Waals surface area contributed by atoms with Crippen LogP contribution in [0.15, 0.2) is 24.3 Å². The predicted octanol–water partition coefficient (Wildman–Crippen LogP) is 4.86. The topological polar surface area (TPSA) is 83.8 Å². The van der Waals surface area contributed by atoms with Crippen molar-refractivity contribution in [3.63, 3.8) is 0 Å². The summed E-state index contributed by atoms with van der Waals surface area (Å²) in [7, 11) is 0. The molecule has 0 radical (unpaired) electrons. The van der Waals surface area contributed by atoms with Crippen molar-refractivity contribution in [2.75, 3.05) is 0 Å². The van der Waals surface area contributed by atoms with E-state index in [0.29, 0.717) is 11.3 Å². The zero-order chi connectivity index (χ0) is 25.7. The average Bonchev–Trinajstić information content (AvgIpc) is 2.61. The van der Waals surface area contributed by atoms with E-state index in [9.17, 15) is 9.59 Å². The van der Waals surface area contributed by atoms with Crippen LogP contribution in [0.2, 0.25) is 0 Å². The van der Waals surface area contributed by atoms with E-state index >= 15 is 0 Å². The van der Waals surface area contributed by atoms with Gasteiger partial charge in [0.2, 0.25) is 0 Å². The molecule has 5 nitrogen and oxygen atoms in total. The van der Waals surface area contributed by atoms with Crippen LogP contribution in [0.4, 0.5) is 0 Å². The number of carbonyl (C=O) groups is 2. The lowest BCUT2D eigenvalue weighted by atomic mass is 9.96. The number of ketones is 1. The molecule has 0 saturated heterocycles. The number of ether oxygens (including phenoxy) is 1. The highest BCUT2D eigenvalue weighted by molar-refractivity contribution is 6.41. The van der Waals surface area contributed by atoms with Gasteiger partial charge >= 0.3 is 5.97 Å². The minimum absolute atomic E-state index is 0.433. The normalized spacial score (nSPS) is 11.0. The van der Waals surface area contributed by atoms with Gasteiger partial charge in [0.25, 0.3) is 5.78 Å². The number of hydrogen-bond donors (Lipinski definition) is 2. The molecular formula is C28H36O5. The average molecular weight is 453 g/mol. The maximum Gasteiger partial charge on any atom is 0.385 e. The van der Waals surface area contributed by atoms with Crippen LogP contribution in [0.5, 0.6) is 5.75 Å². The summed E-state index contributed by atoms with van der Waals surface area (Å²) in [4.78, 5) is 24.8. The fourth-order valence-electron chi connectivity index (χ4n) is 3.41. The molecule has 33 heavy (non-hydrogen) atoms. The van der Waals surface area contributed by atoms with Crippen molar-refractivity contribution < 1.29 is 24.5 Å². The van der Waals surface area contributed by atoms with Gasteiger partial charge in [-0.3, -0.25) is 4.79 Å². The number of rotatable bonds is 3. The van der Waals surface area contributed by atoms with Gasteiger partial charge in [0, 0.05) is 5.56 Å². The first-order valence-corrected chi connectivity index (χ1v) is 10.8. The molecule has 0 aliphatic heterocycles. The van der Waals surface area contributed by atoms with Crippen LogP contribution in [-0.2, 0) is 4.79 Å². The van der Waals surface area contributed by atoms with Gasteiger partial charge in [0.05, 0.1) is 0 Å². The Morgan fingerprint density at radius 2 is 1.03 bits per heavy atom. The molecular weight excluding hydrogens is 416 g/mol. The zero-order valence-corrected chi connectivity index (χ0v) is 21.4. The van der Waals surface area contributed by atoms with Gasteiger partial charge in [-0.25, -0.2) is 4.79 Å². The Hall–Kier alpha value is -2.94. The van der Waals surface area contributed by atoms with E-state index in [0.717, 1.165) is 33.4 Å². The maximum absolute atomic E-state index is 12.5. The molecule has 0 aliphatic carbocycles. The number of Topliss-reactive ketones (excluding diaryl/α,β-unsaturated/α-hetero) is 1. The monoisotopic (exact) mass is 452 g/mol. The summed E-state index contributed by atoms with van der Waals surface area (Å²) in [5.74, 6) is 4.07. The fourth-order valence-corrected chi connectivity index (χ4v) is 3.41. The third-order valence-corrected chi connectivity index (χ3v) is 4.56. The minimum Gasteiger partial charge on any atom is -0.420 e. The first kappa shape index (κ1) is 28.1. The highest BCUT2D eigenvalue weighted by atomic mass is 16.5. The number of aryl methyl sites for hydroxylation is 6. The smallest absolute Gasteiger partial charge is 0.385 e. The van der Waals surface area contributed by atoms with E-state index in [-0.39, 0.29) is 0 Å². The van der Waals surface area contributed by atoms with Crippen molar-refractivity contribution in [2.24, 2.45) is 0 Å². The van der Waals surface area contributed by atoms with Crippen molar-refractivity contribution in [1.29, 1.82) is 0 Å². The van der Waals surface area contributed by atoms with E-state index in [2.05, 4.69) is 11.8 Å². The molecule has 0 aliphatic rings. The Labute approximate surface area is 197 Å². The van der Waals surface area contributed by atoms with Crippen molar-refractivity contribution >= 4 is 11.8 Å².